The van der Waals surface area contributed by atoms with Gasteiger partial charge in [0.2, 0.25) is 5.91 Å². The van der Waals surface area contributed by atoms with Gasteiger partial charge < -0.3 is 10.2 Å². The average Bonchev–Trinajstić information content (AvgIpc) is 2.81. The molecule has 1 N–H and O–H groups in total. The maximum Gasteiger partial charge on any atom is 0.221 e. The first-order valence-corrected chi connectivity index (χ1v) is 10.2. The van der Waals surface area contributed by atoms with E-state index < -0.39 is 0 Å². The second-order valence-electron chi connectivity index (χ2n) is 7.28. The molecule has 0 saturated heterocycles. The summed E-state index contributed by atoms with van der Waals surface area (Å²) >= 11 is 0. The minimum atomic E-state index is -0.0923. The number of hydrogen-bond acceptors (Lipinski definition) is 4. The molecule has 0 aliphatic carbocycles. The maximum atomic E-state index is 11.8. The molecule has 4 aromatic rings. The lowest BCUT2D eigenvalue weighted by Gasteiger charge is -2.32. The number of para-hydroxylation sites is 1. The van der Waals surface area contributed by atoms with Gasteiger partial charge in [-0.2, -0.15) is 0 Å². The standard InChI is InChI=1S/C26H24N4O/c1-19(30(21-9-7-15-27-17-21)22-10-8-16-28-18-22)23-11-3-4-12-24(23)25-13-5-6-14-26(25)29-20(2)31/h3-19H,1-2H3,(H,29,31). The quantitative estimate of drug-likeness (QED) is 0.425. The van der Waals surface area contributed by atoms with Crippen LogP contribution < -0.4 is 10.2 Å². The number of pyridine rings is 2. The normalized spacial score (nSPS) is 11.5. The van der Waals surface area contributed by atoms with E-state index in [1.54, 1.807) is 12.4 Å². The van der Waals surface area contributed by atoms with Crippen LogP contribution in [0.1, 0.15) is 25.5 Å². The third kappa shape index (κ3) is 4.46. The summed E-state index contributed by atoms with van der Waals surface area (Å²) in [6.07, 6.45) is 7.26. The topological polar surface area (TPSA) is 58.1 Å². The predicted molar refractivity (Wildman–Crippen MR) is 125 cm³/mol. The largest absolute Gasteiger partial charge is 0.332 e. The highest BCUT2D eigenvalue weighted by molar-refractivity contribution is 5.94. The van der Waals surface area contributed by atoms with Crippen LogP contribution in [-0.4, -0.2) is 15.9 Å². The highest BCUT2D eigenvalue weighted by Gasteiger charge is 2.22. The van der Waals surface area contributed by atoms with Gasteiger partial charge in [0.1, 0.15) is 0 Å². The molecule has 154 valence electrons. The number of nitrogens with one attached hydrogen (secondary N) is 1. The highest BCUT2D eigenvalue weighted by Crippen LogP contribution is 2.39. The summed E-state index contributed by atoms with van der Waals surface area (Å²) < 4.78 is 0. The Hall–Kier alpha value is -3.99. The van der Waals surface area contributed by atoms with E-state index in [0.717, 1.165) is 33.8 Å². The zero-order valence-corrected chi connectivity index (χ0v) is 17.6. The molecule has 1 unspecified atom stereocenters. The van der Waals surface area contributed by atoms with Crippen molar-refractivity contribution in [3.8, 4) is 11.1 Å². The smallest absolute Gasteiger partial charge is 0.221 e. The minimum absolute atomic E-state index is 0.0185. The number of aromatic nitrogens is 2. The van der Waals surface area contributed by atoms with Crippen molar-refractivity contribution in [2.24, 2.45) is 0 Å². The molecule has 0 aliphatic rings. The van der Waals surface area contributed by atoms with E-state index in [1.165, 1.54) is 6.92 Å². The van der Waals surface area contributed by atoms with Gasteiger partial charge in [0.15, 0.2) is 0 Å². The second-order valence-corrected chi connectivity index (χ2v) is 7.28. The Balaban J connectivity index is 1.84. The molecule has 0 radical (unpaired) electrons. The van der Waals surface area contributed by atoms with E-state index >= 15 is 0 Å². The van der Waals surface area contributed by atoms with Crippen LogP contribution in [0.3, 0.4) is 0 Å². The summed E-state index contributed by atoms with van der Waals surface area (Å²) in [5.41, 5.74) is 5.94. The Kier molecular flexibility index (Phi) is 6.03. The van der Waals surface area contributed by atoms with E-state index in [0.29, 0.717) is 0 Å². The summed E-state index contributed by atoms with van der Waals surface area (Å²) in [5, 5.41) is 2.96. The van der Waals surface area contributed by atoms with Crippen LogP contribution in [0.5, 0.6) is 0 Å². The van der Waals surface area contributed by atoms with Crippen molar-refractivity contribution in [1.82, 2.24) is 9.97 Å². The van der Waals surface area contributed by atoms with Gasteiger partial charge in [-0.25, -0.2) is 0 Å². The van der Waals surface area contributed by atoms with Crippen molar-refractivity contribution in [1.29, 1.82) is 0 Å². The lowest BCUT2D eigenvalue weighted by atomic mass is 9.93. The average molecular weight is 409 g/mol. The van der Waals surface area contributed by atoms with E-state index in [2.05, 4.69) is 39.2 Å². The number of amides is 1. The van der Waals surface area contributed by atoms with Crippen molar-refractivity contribution >= 4 is 23.0 Å². The first kappa shape index (κ1) is 20.3. The molecule has 5 nitrogen and oxygen atoms in total. The first-order chi connectivity index (χ1) is 15.1. The molecule has 0 aliphatic heterocycles. The molecule has 0 spiro atoms. The van der Waals surface area contributed by atoms with E-state index in [9.17, 15) is 4.79 Å². The molecule has 5 heteroatoms. The van der Waals surface area contributed by atoms with Crippen molar-refractivity contribution in [3.05, 3.63) is 103 Å². The zero-order chi connectivity index (χ0) is 21.6. The monoisotopic (exact) mass is 408 g/mol. The number of benzene rings is 2. The highest BCUT2D eigenvalue weighted by atomic mass is 16.1. The van der Waals surface area contributed by atoms with E-state index in [-0.39, 0.29) is 11.9 Å². The van der Waals surface area contributed by atoms with Gasteiger partial charge in [-0.3, -0.25) is 14.8 Å². The number of anilines is 3. The van der Waals surface area contributed by atoms with Crippen LogP contribution in [0.15, 0.2) is 97.6 Å². The van der Waals surface area contributed by atoms with Gasteiger partial charge in [-0.15, -0.1) is 0 Å². The molecule has 2 aromatic carbocycles. The molecule has 0 fully saturated rings. The minimum Gasteiger partial charge on any atom is -0.332 e. The Bertz CT molecular complexity index is 1120. The number of nitrogens with zero attached hydrogens (tertiary/aromatic N) is 3. The molecule has 4 rings (SSSR count). The molecular formula is C26H24N4O. The third-order valence-electron chi connectivity index (χ3n) is 5.17. The fourth-order valence-corrected chi connectivity index (χ4v) is 3.85. The van der Waals surface area contributed by atoms with Crippen LogP contribution in [0.25, 0.3) is 11.1 Å². The fraction of sp³-hybridized carbons (Fsp3) is 0.115. The molecule has 1 atom stereocenters. The van der Waals surface area contributed by atoms with E-state index in [4.69, 9.17) is 0 Å². The van der Waals surface area contributed by atoms with Crippen molar-refractivity contribution in [3.63, 3.8) is 0 Å². The Morgan fingerprint density at radius 1 is 0.806 bits per heavy atom. The summed E-state index contributed by atoms with van der Waals surface area (Å²) in [6.45, 7) is 3.69. The Labute approximate surface area is 182 Å². The SMILES string of the molecule is CC(=O)Nc1ccccc1-c1ccccc1C(C)N(c1cccnc1)c1cccnc1. The van der Waals surface area contributed by atoms with Crippen molar-refractivity contribution in [2.75, 3.05) is 10.2 Å². The van der Waals surface area contributed by atoms with Crippen LogP contribution in [0.2, 0.25) is 0 Å². The lowest BCUT2D eigenvalue weighted by molar-refractivity contribution is -0.114. The number of carbonyl (C=O) groups is 1. The summed E-state index contributed by atoms with van der Waals surface area (Å²) in [4.78, 5) is 22.6. The first-order valence-electron chi connectivity index (χ1n) is 10.2. The summed E-state index contributed by atoms with van der Waals surface area (Å²) in [6, 6.07) is 24.1. The predicted octanol–water partition coefficient (Wildman–Crippen LogP) is 6.00. The third-order valence-corrected chi connectivity index (χ3v) is 5.17. The van der Waals surface area contributed by atoms with Crippen LogP contribution in [0, 0.1) is 0 Å². The molecule has 2 aromatic heterocycles. The van der Waals surface area contributed by atoms with Gasteiger partial charge >= 0.3 is 0 Å². The number of hydrogen-bond donors (Lipinski definition) is 1. The van der Waals surface area contributed by atoms with Gasteiger partial charge in [0, 0.05) is 30.6 Å². The maximum absolute atomic E-state index is 11.8. The number of carbonyl (C=O) groups excluding carboxylic acids is 1. The Morgan fingerprint density at radius 3 is 1.97 bits per heavy atom. The van der Waals surface area contributed by atoms with Gasteiger partial charge in [-0.1, -0.05) is 42.5 Å². The van der Waals surface area contributed by atoms with Crippen LogP contribution >= 0.6 is 0 Å². The zero-order valence-electron chi connectivity index (χ0n) is 17.6. The van der Waals surface area contributed by atoms with Gasteiger partial charge in [-0.05, 0) is 48.4 Å². The van der Waals surface area contributed by atoms with Crippen LogP contribution in [-0.2, 0) is 4.79 Å². The molecule has 31 heavy (non-hydrogen) atoms. The van der Waals surface area contributed by atoms with Crippen molar-refractivity contribution < 1.29 is 4.79 Å². The molecule has 1 amide bonds. The molecule has 0 bridgehead atoms. The molecule has 0 saturated carbocycles. The molecule has 2 heterocycles. The van der Waals surface area contributed by atoms with E-state index in [1.807, 2.05) is 73.1 Å². The fourth-order valence-electron chi connectivity index (χ4n) is 3.85. The van der Waals surface area contributed by atoms with Crippen molar-refractivity contribution in [2.45, 2.75) is 19.9 Å². The summed E-state index contributed by atoms with van der Waals surface area (Å²) in [5.74, 6) is -0.0923. The number of rotatable bonds is 6. The summed E-state index contributed by atoms with van der Waals surface area (Å²) in [7, 11) is 0. The van der Waals surface area contributed by atoms with Gasteiger partial charge in [0.25, 0.3) is 0 Å². The lowest BCUT2D eigenvalue weighted by Crippen LogP contribution is -2.22. The van der Waals surface area contributed by atoms with Gasteiger partial charge in [0.05, 0.1) is 29.8 Å². The molecular weight excluding hydrogens is 384 g/mol. The second kappa shape index (κ2) is 9.22. The van der Waals surface area contributed by atoms with Crippen LogP contribution in [0.4, 0.5) is 17.1 Å². The Morgan fingerprint density at radius 2 is 1.39 bits per heavy atom.